The molecule has 1 saturated heterocycles. The van der Waals surface area contributed by atoms with Crippen molar-refractivity contribution in [2.45, 2.75) is 19.8 Å². The van der Waals surface area contributed by atoms with E-state index in [2.05, 4.69) is 26.9 Å². The number of benzene rings is 1. The van der Waals surface area contributed by atoms with Gasteiger partial charge in [0, 0.05) is 25.0 Å². The van der Waals surface area contributed by atoms with Crippen molar-refractivity contribution >= 4 is 23.4 Å². The number of carbonyl (C=O) groups excluding carboxylic acids is 2. The number of amides is 1. The van der Waals surface area contributed by atoms with Gasteiger partial charge in [0.05, 0.1) is 18.2 Å². The summed E-state index contributed by atoms with van der Waals surface area (Å²) < 4.78 is 4.66. The molecule has 2 heterocycles. The summed E-state index contributed by atoms with van der Waals surface area (Å²) in [5.41, 5.74) is 1.54. The number of anilines is 2. The number of ether oxygens (including phenoxy) is 1. The second-order valence-corrected chi connectivity index (χ2v) is 6.62. The smallest absolute Gasteiger partial charge is 0.337 e. The Morgan fingerprint density at radius 3 is 2.50 bits per heavy atom. The van der Waals surface area contributed by atoms with Crippen molar-refractivity contribution in [1.29, 1.82) is 0 Å². The summed E-state index contributed by atoms with van der Waals surface area (Å²) in [6, 6.07) is 10.2. The van der Waals surface area contributed by atoms with Gasteiger partial charge in [0.25, 0.3) is 5.91 Å². The summed E-state index contributed by atoms with van der Waals surface area (Å²) >= 11 is 0. The first-order valence-corrected chi connectivity index (χ1v) is 8.77. The summed E-state index contributed by atoms with van der Waals surface area (Å²) in [4.78, 5) is 30.5. The molecule has 0 aliphatic carbocycles. The summed E-state index contributed by atoms with van der Waals surface area (Å²) in [5, 5.41) is 2.80. The zero-order chi connectivity index (χ0) is 18.5. The van der Waals surface area contributed by atoms with E-state index in [1.54, 1.807) is 36.5 Å². The van der Waals surface area contributed by atoms with Gasteiger partial charge in [0.15, 0.2) is 0 Å². The normalized spacial score (nSPS) is 16.8. The average Bonchev–Trinajstić information content (AvgIpc) is 2.68. The van der Waals surface area contributed by atoms with Crippen LogP contribution in [0.2, 0.25) is 0 Å². The van der Waals surface area contributed by atoms with Gasteiger partial charge in [-0.1, -0.05) is 6.92 Å². The first-order valence-electron chi connectivity index (χ1n) is 8.77. The van der Waals surface area contributed by atoms with E-state index in [1.807, 2.05) is 6.07 Å². The van der Waals surface area contributed by atoms with Crippen LogP contribution in [0.25, 0.3) is 0 Å². The Morgan fingerprint density at radius 2 is 1.88 bits per heavy atom. The third kappa shape index (κ3) is 4.20. The predicted octanol–water partition coefficient (Wildman–Crippen LogP) is 3.36. The lowest BCUT2D eigenvalue weighted by molar-refractivity contribution is 0.0600. The van der Waals surface area contributed by atoms with Gasteiger partial charge in [-0.05, 0) is 55.2 Å². The number of pyridine rings is 1. The molecule has 6 heteroatoms. The van der Waals surface area contributed by atoms with E-state index < -0.39 is 5.97 Å². The number of hydrogen-bond donors (Lipinski definition) is 1. The fourth-order valence-corrected chi connectivity index (χ4v) is 3.12. The first-order chi connectivity index (χ1) is 12.6. The van der Waals surface area contributed by atoms with E-state index in [4.69, 9.17) is 0 Å². The van der Waals surface area contributed by atoms with Crippen molar-refractivity contribution in [2.75, 3.05) is 30.4 Å². The molecule has 2 aromatic rings. The highest BCUT2D eigenvalue weighted by molar-refractivity contribution is 6.04. The number of rotatable bonds is 4. The van der Waals surface area contributed by atoms with E-state index in [-0.39, 0.29) is 5.91 Å². The number of methoxy groups -OCH3 is 1. The Kier molecular flexibility index (Phi) is 5.51. The highest BCUT2D eigenvalue weighted by atomic mass is 16.5. The Hall–Kier alpha value is -2.89. The van der Waals surface area contributed by atoms with E-state index >= 15 is 0 Å². The van der Waals surface area contributed by atoms with Crippen LogP contribution in [0.1, 0.15) is 40.5 Å². The van der Waals surface area contributed by atoms with Crippen LogP contribution in [0.3, 0.4) is 0 Å². The number of piperidine rings is 1. The van der Waals surface area contributed by atoms with Crippen molar-refractivity contribution < 1.29 is 14.3 Å². The zero-order valence-corrected chi connectivity index (χ0v) is 15.1. The molecule has 1 fully saturated rings. The lowest BCUT2D eigenvalue weighted by Crippen LogP contribution is -2.34. The molecular formula is C20H23N3O3. The number of aromatic nitrogens is 1. The van der Waals surface area contributed by atoms with Crippen molar-refractivity contribution in [3.63, 3.8) is 0 Å². The minimum Gasteiger partial charge on any atom is -0.465 e. The molecular weight excluding hydrogens is 330 g/mol. The molecule has 1 aromatic carbocycles. The number of carbonyl (C=O) groups is 2. The lowest BCUT2D eigenvalue weighted by atomic mass is 10.0. The molecule has 1 unspecified atom stereocenters. The van der Waals surface area contributed by atoms with Gasteiger partial charge < -0.3 is 15.0 Å². The molecule has 1 aliphatic heterocycles. The van der Waals surface area contributed by atoms with E-state index in [9.17, 15) is 9.59 Å². The standard InChI is InChI=1S/C20H23N3O3/c1-14-4-3-11-23(13-14)18-10-7-16(12-21-18)19(24)22-17-8-5-15(6-9-17)20(25)26-2/h5-10,12,14H,3-4,11,13H2,1-2H3,(H,22,24). The number of esters is 1. The topological polar surface area (TPSA) is 71.5 Å². The predicted molar refractivity (Wildman–Crippen MR) is 101 cm³/mol. The van der Waals surface area contributed by atoms with Crippen LogP contribution in [0, 0.1) is 5.92 Å². The summed E-state index contributed by atoms with van der Waals surface area (Å²) in [6.07, 6.45) is 4.03. The zero-order valence-electron chi connectivity index (χ0n) is 15.1. The molecule has 0 spiro atoms. The Balaban J connectivity index is 1.63. The van der Waals surface area contributed by atoms with Crippen LogP contribution >= 0.6 is 0 Å². The average molecular weight is 353 g/mol. The minimum atomic E-state index is -0.408. The van der Waals surface area contributed by atoms with Gasteiger partial charge in [0.1, 0.15) is 5.82 Å². The first kappa shape index (κ1) is 17.9. The number of nitrogens with zero attached hydrogens (tertiary/aromatic N) is 2. The molecule has 0 radical (unpaired) electrons. The van der Waals surface area contributed by atoms with E-state index in [1.165, 1.54) is 20.0 Å². The SMILES string of the molecule is COC(=O)c1ccc(NC(=O)c2ccc(N3CCCC(C)C3)nc2)cc1. The van der Waals surface area contributed by atoms with Crippen LogP contribution in [0.5, 0.6) is 0 Å². The summed E-state index contributed by atoms with van der Waals surface area (Å²) in [7, 11) is 1.33. The molecule has 0 bridgehead atoms. The highest BCUT2D eigenvalue weighted by Crippen LogP contribution is 2.21. The fraction of sp³-hybridized carbons (Fsp3) is 0.350. The van der Waals surface area contributed by atoms with Crippen molar-refractivity contribution in [1.82, 2.24) is 4.98 Å². The van der Waals surface area contributed by atoms with Gasteiger partial charge in [-0.3, -0.25) is 4.79 Å². The van der Waals surface area contributed by atoms with Crippen molar-refractivity contribution in [2.24, 2.45) is 5.92 Å². The summed E-state index contributed by atoms with van der Waals surface area (Å²) in [6.45, 7) is 4.26. The van der Waals surface area contributed by atoms with Crippen molar-refractivity contribution in [3.8, 4) is 0 Å². The number of nitrogens with one attached hydrogen (secondary N) is 1. The van der Waals surface area contributed by atoms with Crippen LogP contribution in [-0.2, 0) is 4.74 Å². The van der Waals surface area contributed by atoms with E-state index in [0.29, 0.717) is 22.7 Å². The maximum Gasteiger partial charge on any atom is 0.337 e. The maximum absolute atomic E-state index is 12.4. The Morgan fingerprint density at radius 1 is 1.15 bits per heavy atom. The molecule has 1 amide bonds. The largest absolute Gasteiger partial charge is 0.465 e. The maximum atomic E-state index is 12.4. The minimum absolute atomic E-state index is 0.234. The molecule has 3 rings (SSSR count). The van der Waals surface area contributed by atoms with Crippen molar-refractivity contribution in [3.05, 3.63) is 53.7 Å². The third-order valence-corrected chi connectivity index (χ3v) is 4.55. The molecule has 1 aliphatic rings. The van der Waals surface area contributed by atoms with Gasteiger partial charge in [-0.15, -0.1) is 0 Å². The van der Waals surface area contributed by atoms with Gasteiger partial charge in [-0.2, -0.15) is 0 Å². The lowest BCUT2D eigenvalue weighted by Gasteiger charge is -2.31. The fourth-order valence-electron chi connectivity index (χ4n) is 3.12. The summed E-state index contributed by atoms with van der Waals surface area (Å²) in [5.74, 6) is 0.939. The van der Waals surface area contributed by atoms with Gasteiger partial charge in [0.2, 0.25) is 0 Å². The number of hydrogen-bond acceptors (Lipinski definition) is 5. The van der Waals surface area contributed by atoms with Crippen LogP contribution in [0.4, 0.5) is 11.5 Å². The highest BCUT2D eigenvalue weighted by Gasteiger charge is 2.18. The van der Waals surface area contributed by atoms with Gasteiger partial charge >= 0.3 is 5.97 Å². The second-order valence-electron chi connectivity index (χ2n) is 6.62. The van der Waals surface area contributed by atoms with Crippen LogP contribution < -0.4 is 10.2 Å². The molecule has 1 atom stereocenters. The molecule has 0 saturated carbocycles. The Bertz CT molecular complexity index is 772. The molecule has 26 heavy (non-hydrogen) atoms. The monoisotopic (exact) mass is 353 g/mol. The van der Waals surface area contributed by atoms with Gasteiger partial charge in [-0.25, -0.2) is 9.78 Å². The molecule has 1 aromatic heterocycles. The van der Waals surface area contributed by atoms with Crippen LogP contribution in [0.15, 0.2) is 42.6 Å². The third-order valence-electron chi connectivity index (χ3n) is 4.55. The molecule has 6 nitrogen and oxygen atoms in total. The molecule has 136 valence electrons. The molecule has 1 N–H and O–H groups in total. The van der Waals surface area contributed by atoms with E-state index in [0.717, 1.165) is 18.9 Å². The Labute approximate surface area is 153 Å². The quantitative estimate of drug-likeness (QED) is 0.854. The van der Waals surface area contributed by atoms with Crippen LogP contribution in [-0.4, -0.2) is 37.1 Å². The second kappa shape index (κ2) is 7.99.